The minimum atomic E-state index is -1.64. The molecule has 0 bridgehead atoms. The van der Waals surface area contributed by atoms with Crippen molar-refractivity contribution in [2.45, 2.75) is 92.2 Å². The van der Waals surface area contributed by atoms with Gasteiger partial charge >= 0.3 is 17.6 Å². The smallest absolute Gasteiger partial charge is 0.348 e. The van der Waals surface area contributed by atoms with Crippen LogP contribution < -0.4 is 11.2 Å². The summed E-state index contributed by atoms with van der Waals surface area (Å²) >= 11 is 1.02. The molecular weight excluding hydrogens is 520 g/mol. The molecule has 0 aliphatic rings. The highest BCUT2D eigenvalue weighted by Crippen LogP contribution is 2.31. The third-order valence-corrected chi connectivity index (χ3v) is 7.38. The SMILES string of the molecule is CCOC(=O)c1sc2c(c1C)c(=O)n(C(C)(C)C(=O)OC(C)(C)C)c(=O)n2C[C@@H](OC(C)C)c1ccccc1. The number of benzene rings is 1. The first-order valence-electron chi connectivity index (χ1n) is 13.0. The molecule has 0 radical (unpaired) electrons. The van der Waals surface area contributed by atoms with Crippen molar-refractivity contribution in [1.82, 2.24) is 9.13 Å². The van der Waals surface area contributed by atoms with E-state index in [0.717, 1.165) is 21.5 Å². The van der Waals surface area contributed by atoms with Crippen molar-refractivity contribution in [1.29, 1.82) is 0 Å². The zero-order chi connectivity index (χ0) is 29.3. The molecule has 2 aromatic heterocycles. The first-order chi connectivity index (χ1) is 18.1. The van der Waals surface area contributed by atoms with Crippen LogP contribution in [0.4, 0.5) is 0 Å². The number of fused-ring (bicyclic) bond motifs is 1. The summed E-state index contributed by atoms with van der Waals surface area (Å²) in [7, 11) is 0. The molecule has 10 heteroatoms. The van der Waals surface area contributed by atoms with E-state index in [1.165, 1.54) is 18.4 Å². The van der Waals surface area contributed by atoms with Crippen molar-refractivity contribution < 1.29 is 23.8 Å². The van der Waals surface area contributed by atoms with E-state index in [2.05, 4.69) is 0 Å². The van der Waals surface area contributed by atoms with Gasteiger partial charge < -0.3 is 14.2 Å². The average molecular weight is 559 g/mol. The van der Waals surface area contributed by atoms with E-state index in [0.29, 0.717) is 10.4 Å². The summed E-state index contributed by atoms with van der Waals surface area (Å²) in [6.45, 7) is 15.4. The summed E-state index contributed by atoms with van der Waals surface area (Å²) in [5.41, 5.74) is -2.62. The minimum absolute atomic E-state index is 0.0461. The number of aryl methyl sites for hydroxylation is 1. The van der Waals surface area contributed by atoms with E-state index in [1.807, 2.05) is 44.2 Å². The lowest BCUT2D eigenvalue weighted by Crippen LogP contribution is -2.54. The van der Waals surface area contributed by atoms with Crippen LogP contribution in [0.25, 0.3) is 10.2 Å². The molecule has 0 saturated heterocycles. The Balaban J connectivity index is 2.37. The molecule has 0 spiro atoms. The Hall–Kier alpha value is -3.24. The number of carbonyl (C=O) groups excluding carboxylic acids is 2. The number of hydrogen-bond donors (Lipinski definition) is 0. The maximum atomic E-state index is 14.1. The van der Waals surface area contributed by atoms with E-state index in [-0.39, 0.29) is 29.5 Å². The normalized spacial score (nSPS) is 13.1. The van der Waals surface area contributed by atoms with Gasteiger partial charge in [-0.05, 0) is 73.4 Å². The topological polar surface area (TPSA) is 106 Å². The molecule has 212 valence electrons. The van der Waals surface area contributed by atoms with Crippen LogP contribution in [0.2, 0.25) is 0 Å². The van der Waals surface area contributed by atoms with Crippen LogP contribution in [0, 0.1) is 6.92 Å². The zero-order valence-corrected chi connectivity index (χ0v) is 24.9. The van der Waals surface area contributed by atoms with Gasteiger partial charge in [-0.2, -0.15) is 0 Å². The second-order valence-corrected chi connectivity index (χ2v) is 12.1. The van der Waals surface area contributed by atoms with Crippen LogP contribution in [0.3, 0.4) is 0 Å². The number of nitrogens with zero attached hydrogens (tertiary/aromatic N) is 2. The van der Waals surface area contributed by atoms with Gasteiger partial charge in [0.25, 0.3) is 5.56 Å². The van der Waals surface area contributed by atoms with Crippen molar-refractivity contribution in [3.05, 3.63) is 67.2 Å². The molecule has 1 atom stereocenters. The van der Waals surface area contributed by atoms with Crippen molar-refractivity contribution >= 4 is 33.5 Å². The van der Waals surface area contributed by atoms with Gasteiger partial charge in [0.2, 0.25) is 0 Å². The monoisotopic (exact) mass is 558 g/mol. The van der Waals surface area contributed by atoms with Gasteiger partial charge in [0.1, 0.15) is 27.0 Å². The molecule has 0 fully saturated rings. The molecule has 2 heterocycles. The standard InChI is InChI=1S/C29H38N2O7S/c1-10-36-25(33)22-18(4)21-23(32)31(29(8,9)26(34)38-28(5,6)7)27(35)30(24(21)39-22)16-20(37-17(2)3)19-14-12-11-13-15-19/h11-15,17,20H,10,16H2,1-9H3/t20-/m1/s1. The lowest BCUT2D eigenvalue weighted by molar-refractivity contribution is -0.164. The average Bonchev–Trinajstić information content (AvgIpc) is 3.17. The highest BCUT2D eigenvalue weighted by Gasteiger charge is 2.39. The highest BCUT2D eigenvalue weighted by atomic mass is 32.1. The molecule has 3 aromatic rings. The van der Waals surface area contributed by atoms with Gasteiger partial charge in [-0.1, -0.05) is 30.3 Å². The number of thiophene rings is 1. The Kier molecular flexibility index (Phi) is 8.92. The van der Waals surface area contributed by atoms with E-state index in [1.54, 1.807) is 34.6 Å². The Morgan fingerprint density at radius 1 is 1.03 bits per heavy atom. The second-order valence-electron chi connectivity index (χ2n) is 11.1. The first kappa shape index (κ1) is 30.3. The molecule has 9 nitrogen and oxygen atoms in total. The fourth-order valence-electron chi connectivity index (χ4n) is 4.28. The number of aromatic nitrogens is 2. The quantitative estimate of drug-likeness (QED) is 0.342. The third kappa shape index (κ3) is 6.33. The van der Waals surface area contributed by atoms with E-state index < -0.39 is 40.4 Å². The molecule has 39 heavy (non-hydrogen) atoms. The lowest BCUT2D eigenvalue weighted by Gasteiger charge is -2.30. The number of carbonyl (C=O) groups is 2. The Labute approximate surface area is 232 Å². The summed E-state index contributed by atoms with van der Waals surface area (Å²) in [5, 5.41) is 0.177. The van der Waals surface area contributed by atoms with Crippen molar-refractivity contribution in [2.75, 3.05) is 6.61 Å². The maximum absolute atomic E-state index is 14.1. The number of esters is 2. The van der Waals surface area contributed by atoms with Crippen LogP contribution in [-0.4, -0.2) is 39.4 Å². The van der Waals surface area contributed by atoms with Crippen LogP contribution in [-0.2, 0) is 31.1 Å². The van der Waals surface area contributed by atoms with Crippen molar-refractivity contribution in [3.63, 3.8) is 0 Å². The van der Waals surface area contributed by atoms with Gasteiger partial charge in [0, 0.05) is 0 Å². The largest absolute Gasteiger partial charge is 0.462 e. The molecule has 0 aliphatic heterocycles. The summed E-state index contributed by atoms with van der Waals surface area (Å²) in [6.07, 6.45) is -0.707. The summed E-state index contributed by atoms with van der Waals surface area (Å²) < 4.78 is 19.4. The maximum Gasteiger partial charge on any atom is 0.348 e. The molecule has 3 rings (SSSR count). The van der Waals surface area contributed by atoms with Crippen LogP contribution in [0.1, 0.15) is 82.3 Å². The molecular formula is C29H38N2O7S. The number of hydrogen-bond acceptors (Lipinski definition) is 8. The molecule has 0 amide bonds. The van der Waals surface area contributed by atoms with Crippen LogP contribution in [0.5, 0.6) is 0 Å². The lowest BCUT2D eigenvalue weighted by atomic mass is 10.0. The summed E-state index contributed by atoms with van der Waals surface area (Å²) in [4.78, 5) is 54.7. The minimum Gasteiger partial charge on any atom is -0.462 e. The van der Waals surface area contributed by atoms with E-state index in [9.17, 15) is 19.2 Å². The van der Waals surface area contributed by atoms with E-state index >= 15 is 0 Å². The van der Waals surface area contributed by atoms with Gasteiger partial charge in [0.15, 0.2) is 0 Å². The summed E-state index contributed by atoms with van der Waals surface area (Å²) in [6, 6.07) is 9.45. The van der Waals surface area contributed by atoms with Gasteiger partial charge in [0.05, 0.1) is 24.6 Å². The number of rotatable bonds is 9. The van der Waals surface area contributed by atoms with Crippen molar-refractivity contribution in [3.8, 4) is 0 Å². The van der Waals surface area contributed by atoms with Gasteiger partial charge in [-0.3, -0.25) is 9.36 Å². The molecule has 0 saturated carbocycles. The predicted octanol–water partition coefficient (Wildman–Crippen LogP) is 4.95. The fraction of sp³-hybridized carbons (Fsp3) is 0.517. The van der Waals surface area contributed by atoms with Gasteiger partial charge in [-0.25, -0.2) is 19.0 Å². The Morgan fingerprint density at radius 2 is 1.64 bits per heavy atom. The van der Waals surface area contributed by atoms with Gasteiger partial charge in [-0.15, -0.1) is 11.3 Å². The molecule has 0 aliphatic carbocycles. The third-order valence-electron chi connectivity index (χ3n) is 6.09. The van der Waals surface area contributed by atoms with E-state index in [4.69, 9.17) is 14.2 Å². The summed E-state index contributed by atoms with van der Waals surface area (Å²) in [5.74, 6) is -1.30. The number of ether oxygens (including phenoxy) is 3. The molecule has 0 N–H and O–H groups in total. The predicted molar refractivity (Wildman–Crippen MR) is 152 cm³/mol. The van der Waals surface area contributed by atoms with Crippen LogP contribution >= 0.6 is 11.3 Å². The van der Waals surface area contributed by atoms with Crippen LogP contribution in [0.15, 0.2) is 39.9 Å². The molecule has 0 unspecified atom stereocenters. The second kappa shape index (κ2) is 11.5. The van der Waals surface area contributed by atoms with Crippen molar-refractivity contribution in [2.24, 2.45) is 0 Å². The zero-order valence-electron chi connectivity index (χ0n) is 24.1. The highest BCUT2D eigenvalue weighted by molar-refractivity contribution is 7.20. The molecule has 1 aromatic carbocycles. The Morgan fingerprint density at radius 3 is 2.18 bits per heavy atom. The fourth-order valence-corrected chi connectivity index (χ4v) is 5.47. The first-order valence-corrected chi connectivity index (χ1v) is 13.8. The Bertz CT molecular complexity index is 1470.